The third-order valence-corrected chi connectivity index (χ3v) is 5.64. The molecule has 4 amide bonds. The smallest absolute Gasteiger partial charge is 0.319 e. The van der Waals surface area contributed by atoms with Gasteiger partial charge >= 0.3 is 6.03 Å². The summed E-state index contributed by atoms with van der Waals surface area (Å²) in [6, 6.07) is 4.45. The molecule has 0 aliphatic carbocycles. The van der Waals surface area contributed by atoms with E-state index in [2.05, 4.69) is 10.6 Å². The summed E-state index contributed by atoms with van der Waals surface area (Å²) in [6.07, 6.45) is 0.575. The highest BCUT2D eigenvalue weighted by Gasteiger charge is 2.29. The van der Waals surface area contributed by atoms with Crippen molar-refractivity contribution in [1.82, 2.24) is 15.1 Å². The number of hydrogen-bond donors (Lipinski definition) is 2. The third kappa shape index (κ3) is 6.59. The molecule has 0 fully saturated rings. The van der Waals surface area contributed by atoms with Gasteiger partial charge in [-0.15, -0.1) is 0 Å². The van der Waals surface area contributed by atoms with Crippen molar-refractivity contribution in [3.8, 4) is 5.75 Å². The van der Waals surface area contributed by atoms with Crippen LogP contribution in [0.15, 0.2) is 18.2 Å². The lowest BCUT2D eigenvalue weighted by Gasteiger charge is -2.35. The van der Waals surface area contributed by atoms with Crippen LogP contribution in [0, 0.1) is 5.92 Å². The monoisotopic (exact) mass is 448 g/mol. The van der Waals surface area contributed by atoms with Crippen molar-refractivity contribution in [2.24, 2.45) is 5.92 Å². The van der Waals surface area contributed by atoms with Crippen LogP contribution in [-0.2, 0) is 9.53 Å². The van der Waals surface area contributed by atoms with Gasteiger partial charge in [0.2, 0.25) is 5.91 Å². The van der Waals surface area contributed by atoms with E-state index in [4.69, 9.17) is 9.47 Å². The predicted molar refractivity (Wildman–Crippen MR) is 123 cm³/mol. The maximum atomic E-state index is 13.3. The fourth-order valence-corrected chi connectivity index (χ4v) is 3.71. The van der Waals surface area contributed by atoms with E-state index in [1.807, 2.05) is 20.8 Å². The number of benzene rings is 1. The van der Waals surface area contributed by atoms with Crippen LogP contribution in [0.4, 0.5) is 10.5 Å². The second kappa shape index (κ2) is 11.7. The van der Waals surface area contributed by atoms with E-state index in [-0.39, 0.29) is 42.5 Å². The highest BCUT2D eigenvalue weighted by Crippen LogP contribution is 2.26. The van der Waals surface area contributed by atoms with E-state index < -0.39 is 0 Å². The van der Waals surface area contributed by atoms with Gasteiger partial charge in [-0.05, 0) is 31.5 Å². The average Bonchev–Trinajstić information content (AvgIpc) is 2.76. The van der Waals surface area contributed by atoms with Crippen LogP contribution < -0.4 is 15.4 Å². The first-order valence-electron chi connectivity index (χ1n) is 11.0. The lowest BCUT2D eigenvalue weighted by atomic mass is 10.0. The minimum Gasteiger partial charge on any atom is -0.491 e. The molecule has 0 saturated heterocycles. The summed E-state index contributed by atoms with van der Waals surface area (Å²) >= 11 is 0. The van der Waals surface area contributed by atoms with E-state index in [0.717, 1.165) is 6.42 Å². The van der Waals surface area contributed by atoms with Gasteiger partial charge in [-0.2, -0.15) is 0 Å². The Kier molecular flexibility index (Phi) is 9.31. The molecule has 2 rings (SSSR count). The average molecular weight is 449 g/mol. The van der Waals surface area contributed by atoms with Crippen LogP contribution in [0.25, 0.3) is 0 Å². The van der Waals surface area contributed by atoms with Crippen LogP contribution >= 0.6 is 0 Å². The van der Waals surface area contributed by atoms with E-state index >= 15 is 0 Å². The predicted octanol–water partition coefficient (Wildman–Crippen LogP) is 2.57. The maximum absolute atomic E-state index is 13.3. The molecule has 0 aromatic heterocycles. The van der Waals surface area contributed by atoms with Crippen LogP contribution in [0.2, 0.25) is 0 Å². The van der Waals surface area contributed by atoms with Gasteiger partial charge in [-0.25, -0.2) is 4.79 Å². The molecule has 1 heterocycles. The maximum Gasteiger partial charge on any atom is 0.319 e. The molecule has 3 atom stereocenters. The fraction of sp³-hybridized carbons (Fsp3) is 0.609. The molecular weight excluding hydrogens is 412 g/mol. The largest absolute Gasteiger partial charge is 0.491 e. The van der Waals surface area contributed by atoms with Gasteiger partial charge in [-0.3, -0.25) is 9.59 Å². The minimum atomic E-state index is -0.333. The lowest BCUT2D eigenvalue weighted by Crippen LogP contribution is -2.48. The Morgan fingerprint density at radius 1 is 1.25 bits per heavy atom. The molecule has 0 unspecified atom stereocenters. The second-order valence-corrected chi connectivity index (χ2v) is 8.36. The summed E-state index contributed by atoms with van der Waals surface area (Å²) in [4.78, 5) is 41.0. The second-order valence-electron chi connectivity index (χ2n) is 8.36. The highest BCUT2D eigenvalue weighted by molar-refractivity contribution is 5.99. The van der Waals surface area contributed by atoms with E-state index in [1.165, 1.54) is 0 Å². The van der Waals surface area contributed by atoms with Gasteiger partial charge in [0.15, 0.2) is 0 Å². The number of carbonyl (C=O) groups excluding carboxylic acids is 3. The molecule has 0 saturated carbocycles. The first kappa shape index (κ1) is 25.5. The number of hydrogen-bond acceptors (Lipinski definition) is 5. The van der Waals surface area contributed by atoms with Crippen molar-refractivity contribution < 1.29 is 23.9 Å². The Morgan fingerprint density at radius 3 is 2.59 bits per heavy atom. The van der Waals surface area contributed by atoms with Crippen molar-refractivity contribution in [2.45, 2.75) is 46.3 Å². The van der Waals surface area contributed by atoms with Crippen LogP contribution in [-0.4, -0.2) is 80.2 Å². The van der Waals surface area contributed by atoms with Crippen molar-refractivity contribution in [2.75, 3.05) is 45.7 Å². The standard InChI is InChI=1S/C23H36N4O5/c1-7-10-24-23(30)25-18-8-9-20-19(11-18)22(29)26(5)13-21(31-6)15(2)12-27(17(4)28)16(3)14-32-20/h8-9,11,15-16,21H,7,10,12-14H2,1-6H3,(H2,24,25,30)/t15-,16-,21+/m0/s1. The molecular formula is C23H36N4O5. The Hall–Kier alpha value is -2.81. The number of anilines is 1. The zero-order valence-electron chi connectivity index (χ0n) is 19.9. The quantitative estimate of drug-likeness (QED) is 0.737. The third-order valence-electron chi connectivity index (χ3n) is 5.64. The molecule has 178 valence electrons. The number of nitrogens with one attached hydrogen (secondary N) is 2. The fourth-order valence-electron chi connectivity index (χ4n) is 3.71. The van der Waals surface area contributed by atoms with E-state index in [1.54, 1.807) is 49.1 Å². The summed E-state index contributed by atoms with van der Waals surface area (Å²) in [5.74, 6) is 0.140. The Labute approximate surface area is 190 Å². The number of fused-ring (bicyclic) bond motifs is 1. The Morgan fingerprint density at radius 2 is 1.97 bits per heavy atom. The molecule has 1 aliphatic rings. The first-order valence-corrected chi connectivity index (χ1v) is 11.0. The number of ether oxygens (including phenoxy) is 2. The van der Waals surface area contributed by atoms with Gasteiger partial charge < -0.3 is 29.9 Å². The van der Waals surface area contributed by atoms with Crippen molar-refractivity contribution >= 4 is 23.5 Å². The summed E-state index contributed by atoms with van der Waals surface area (Å²) in [6.45, 7) is 9.09. The lowest BCUT2D eigenvalue weighted by molar-refractivity contribution is -0.133. The number of likely N-dealkylation sites (N-methyl/N-ethyl adjacent to an activating group) is 1. The van der Waals surface area contributed by atoms with Crippen molar-refractivity contribution in [3.05, 3.63) is 23.8 Å². The number of carbonyl (C=O) groups is 3. The Balaban J connectivity index is 2.38. The Bertz CT molecular complexity index is 816. The molecule has 2 N–H and O–H groups in total. The molecule has 1 aliphatic heterocycles. The molecule has 0 bridgehead atoms. The zero-order chi connectivity index (χ0) is 23.8. The zero-order valence-corrected chi connectivity index (χ0v) is 19.9. The molecule has 0 radical (unpaired) electrons. The summed E-state index contributed by atoms with van der Waals surface area (Å²) in [7, 11) is 3.32. The van der Waals surface area contributed by atoms with Crippen LogP contribution in [0.3, 0.4) is 0 Å². The SMILES string of the molecule is CCCNC(=O)Nc1ccc2c(c1)C(=O)N(C)C[C@@H](OC)[C@@H](C)CN(C(C)=O)[C@@H](C)CO2. The molecule has 9 heteroatoms. The number of nitrogens with zero attached hydrogens (tertiary/aromatic N) is 2. The van der Waals surface area contributed by atoms with Gasteiger partial charge in [0.25, 0.3) is 5.91 Å². The van der Waals surface area contributed by atoms with Gasteiger partial charge in [0.1, 0.15) is 12.4 Å². The first-order chi connectivity index (χ1) is 15.2. The van der Waals surface area contributed by atoms with Gasteiger partial charge in [-0.1, -0.05) is 13.8 Å². The summed E-state index contributed by atoms with van der Waals surface area (Å²) in [5, 5.41) is 5.50. The number of methoxy groups -OCH3 is 1. The molecule has 1 aromatic rings. The summed E-state index contributed by atoms with van der Waals surface area (Å²) < 4.78 is 11.6. The molecule has 0 spiro atoms. The molecule has 9 nitrogen and oxygen atoms in total. The number of rotatable bonds is 4. The molecule has 32 heavy (non-hydrogen) atoms. The molecule has 1 aromatic carbocycles. The normalized spacial score (nSPS) is 22.2. The van der Waals surface area contributed by atoms with Crippen LogP contribution in [0.5, 0.6) is 5.75 Å². The van der Waals surface area contributed by atoms with Crippen molar-refractivity contribution in [3.63, 3.8) is 0 Å². The summed E-state index contributed by atoms with van der Waals surface area (Å²) in [5.41, 5.74) is 0.829. The topological polar surface area (TPSA) is 100 Å². The van der Waals surface area contributed by atoms with E-state index in [0.29, 0.717) is 36.6 Å². The number of amides is 4. The minimum absolute atomic E-state index is 0.00996. The highest BCUT2D eigenvalue weighted by atomic mass is 16.5. The van der Waals surface area contributed by atoms with E-state index in [9.17, 15) is 14.4 Å². The van der Waals surface area contributed by atoms with Crippen molar-refractivity contribution in [1.29, 1.82) is 0 Å². The van der Waals surface area contributed by atoms with Gasteiger partial charge in [0.05, 0.1) is 17.7 Å². The van der Waals surface area contributed by atoms with Gasteiger partial charge in [0, 0.05) is 52.3 Å². The number of urea groups is 1. The van der Waals surface area contributed by atoms with Crippen LogP contribution in [0.1, 0.15) is 44.5 Å².